The summed E-state index contributed by atoms with van der Waals surface area (Å²) in [6, 6.07) is 5.66. The summed E-state index contributed by atoms with van der Waals surface area (Å²) in [6.07, 6.45) is 0. The Bertz CT molecular complexity index is 265. The normalized spacial score (nSPS) is 10.7. The minimum atomic E-state index is -3.02. The fourth-order valence-corrected chi connectivity index (χ4v) is 0.757. The van der Waals surface area contributed by atoms with Gasteiger partial charge in [-0.25, -0.2) is 0 Å². The van der Waals surface area contributed by atoms with Crippen molar-refractivity contribution in [3.05, 3.63) is 24.3 Å². The molecule has 0 atom stereocenters. The van der Waals surface area contributed by atoms with Crippen LogP contribution in [0.5, 0.6) is 11.5 Å². The van der Waals surface area contributed by atoms with Gasteiger partial charge >= 0.3 is 13.2 Å². The van der Waals surface area contributed by atoms with Gasteiger partial charge in [-0.3, -0.25) is 0 Å². The Morgan fingerprint density at radius 1 is 0.929 bits per heavy atom. The second-order valence-corrected chi connectivity index (χ2v) is 2.14. The maximum atomic E-state index is 11.7. The fraction of sp³-hybridized carbons (Fsp3) is 0.250. The first kappa shape index (κ1) is 10.6. The molecule has 1 rings (SSSR count). The minimum absolute atomic E-state index is 0.349. The molecule has 0 aliphatic carbocycles. The van der Waals surface area contributed by atoms with Crippen molar-refractivity contribution < 1.29 is 27.0 Å². The van der Waals surface area contributed by atoms with Crippen LogP contribution in [0.4, 0.5) is 17.6 Å². The van der Waals surface area contributed by atoms with Gasteiger partial charge < -0.3 is 9.47 Å². The standard InChI is InChI=1S/C8H5F4O2/c9-7(10)13-5-2-1-3-6(4-5)14-8(11)12/h1-3,7-8H. The van der Waals surface area contributed by atoms with E-state index in [9.17, 15) is 17.6 Å². The zero-order chi connectivity index (χ0) is 10.6. The first-order chi connectivity index (χ1) is 6.58. The van der Waals surface area contributed by atoms with E-state index in [4.69, 9.17) is 0 Å². The summed E-state index contributed by atoms with van der Waals surface area (Å²) >= 11 is 0. The molecule has 0 spiro atoms. The lowest BCUT2D eigenvalue weighted by Gasteiger charge is -2.06. The number of halogens is 4. The van der Waals surface area contributed by atoms with Crippen molar-refractivity contribution in [3.8, 4) is 11.5 Å². The van der Waals surface area contributed by atoms with Crippen LogP contribution in [0.1, 0.15) is 0 Å². The number of hydrogen-bond acceptors (Lipinski definition) is 2. The summed E-state index contributed by atoms with van der Waals surface area (Å²) in [5.41, 5.74) is 0. The van der Waals surface area contributed by atoms with Gasteiger partial charge in [0.05, 0.1) is 6.07 Å². The summed E-state index contributed by atoms with van der Waals surface area (Å²) in [5.74, 6) is -0.698. The summed E-state index contributed by atoms with van der Waals surface area (Å²) in [5, 5.41) is 0. The average molecular weight is 209 g/mol. The molecule has 2 nitrogen and oxygen atoms in total. The van der Waals surface area contributed by atoms with E-state index < -0.39 is 13.2 Å². The predicted octanol–water partition coefficient (Wildman–Crippen LogP) is 2.69. The van der Waals surface area contributed by atoms with Gasteiger partial charge in [0.15, 0.2) is 0 Å². The zero-order valence-electron chi connectivity index (χ0n) is 6.72. The Morgan fingerprint density at radius 2 is 1.36 bits per heavy atom. The van der Waals surface area contributed by atoms with Crippen molar-refractivity contribution in [3.63, 3.8) is 0 Å². The molecule has 0 amide bonds. The Kier molecular flexibility index (Phi) is 3.55. The van der Waals surface area contributed by atoms with Gasteiger partial charge in [-0.05, 0) is 12.1 Å². The quantitative estimate of drug-likeness (QED) is 0.709. The third kappa shape index (κ3) is 3.51. The van der Waals surface area contributed by atoms with E-state index in [1.54, 1.807) is 0 Å². The summed E-state index contributed by atoms with van der Waals surface area (Å²) in [7, 11) is 0. The number of benzene rings is 1. The van der Waals surface area contributed by atoms with E-state index in [1.165, 1.54) is 6.07 Å². The molecular formula is C8H5F4O2. The Morgan fingerprint density at radius 3 is 1.71 bits per heavy atom. The second-order valence-electron chi connectivity index (χ2n) is 2.14. The van der Waals surface area contributed by atoms with Crippen LogP contribution >= 0.6 is 0 Å². The maximum absolute atomic E-state index is 11.7. The minimum Gasteiger partial charge on any atom is -0.434 e. The van der Waals surface area contributed by atoms with Gasteiger partial charge in [0, 0.05) is 0 Å². The van der Waals surface area contributed by atoms with Crippen LogP contribution in [0, 0.1) is 6.07 Å². The van der Waals surface area contributed by atoms with E-state index in [2.05, 4.69) is 15.5 Å². The van der Waals surface area contributed by atoms with Crippen LogP contribution < -0.4 is 9.47 Å². The monoisotopic (exact) mass is 209 g/mol. The first-order valence-electron chi connectivity index (χ1n) is 3.50. The van der Waals surface area contributed by atoms with Gasteiger partial charge in [-0.15, -0.1) is 0 Å². The lowest BCUT2D eigenvalue weighted by Crippen LogP contribution is -2.04. The maximum Gasteiger partial charge on any atom is 0.387 e. The highest BCUT2D eigenvalue weighted by Gasteiger charge is 2.08. The van der Waals surface area contributed by atoms with Gasteiger partial charge in [0.1, 0.15) is 11.5 Å². The number of ether oxygens (including phenoxy) is 2. The molecule has 14 heavy (non-hydrogen) atoms. The lowest BCUT2D eigenvalue weighted by atomic mass is 10.3. The summed E-state index contributed by atoms with van der Waals surface area (Å²) < 4.78 is 54.6. The van der Waals surface area contributed by atoms with Gasteiger partial charge in [0.25, 0.3) is 0 Å². The molecule has 0 fully saturated rings. The molecule has 0 aliphatic heterocycles. The molecular weight excluding hydrogens is 204 g/mol. The number of hydrogen-bond donors (Lipinski definition) is 0. The third-order valence-electron chi connectivity index (χ3n) is 1.17. The fourth-order valence-electron chi connectivity index (χ4n) is 0.757. The third-order valence-corrected chi connectivity index (χ3v) is 1.17. The Balaban J connectivity index is 2.68. The molecule has 1 aromatic carbocycles. The van der Waals surface area contributed by atoms with E-state index >= 15 is 0 Å². The molecule has 0 N–H and O–H groups in total. The van der Waals surface area contributed by atoms with Crippen molar-refractivity contribution in [1.82, 2.24) is 0 Å². The first-order valence-corrected chi connectivity index (χ1v) is 3.50. The average Bonchev–Trinajstić information content (AvgIpc) is 2.01. The van der Waals surface area contributed by atoms with Crippen LogP contribution in [0.2, 0.25) is 0 Å². The SMILES string of the molecule is FC(F)Oc1[c]c(OC(F)F)ccc1. The van der Waals surface area contributed by atoms with Crippen LogP contribution in [0.15, 0.2) is 18.2 Å². The molecule has 0 heterocycles. The van der Waals surface area contributed by atoms with E-state index in [1.807, 2.05) is 0 Å². The molecule has 6 heteroatoms. The molecule has 1 aromatic rings. The van der Waals surface area contributed by atoms with Crippen molar-refractivity contribution in [2.24, 2.45) is 0 Å². The van der Waals surface area contributed by atoms with Crippen LogP contribution in [0.3, 0.4) is 0 Å². The Labute approximate surface area is 77.1 Å². The smallest absolute Gasteiger partial charge is 0.387 e. The highest BCUT2D eigenvalue weighted by molar-refractivity contribution is 5.31. The molecule has 0 aliphatic rings. The van der Waals surface area contributed by atoms with Crippen molar-refractivity contribution in [1.29, 1.82) is 0 Å². The number of alkyl halides is 4. The molecule has 0 saturated heterocycles. The van der Waals surface area contributed by atoms with E-state index in [0.717, 1.165) is 12.1 Å². The molecule has 0 aromatic heterocycles. The van der Waals surface area contributed by atoms with Crippen LogP contribution in [0.25, 0.3) is 0 Å². The summed E-state index contributed by atoms with van der Waals surface area (Å²) in [6.45, 7) is -6.04. The van der Waals surface area contributed by atoms with Gasteiger partial charge in [0.2, 0.25) is 0 Å². The molecule has 77 valence electrons. The largest absolute Gasteiger partial charge is 0.434 e. The second kappa shape index (κ2) is 4.69. The highest BCUT2D eigenvalue weighted by atomic mass is 19.3. The van der Waals surface area contributed by atoms with Gasteiger partial charge in [-0.1, -0.05) is 6.07 Å². The van der Waals surface area contributed by atoms with Crippen molar-refractivity contribution >= 4 is 0 Å². The van der Waals surface area contributed by atoms with Crippen molar-refractivity contribution in [2.45, 2.75) is 13.2 Å². The number of rotatable bonds is 4. The molecule has 1 radical (unpaired) electrons. The van der Waals surface area contributed by atoms with Crippen LogP contribution in [-0.2, 0) is 0 Å². The topological polar surface area (TPSA) is 18.5 Å². The summed E-state index contributed by atoms with van der Waals surface area (Å²) in [4.78, 5) is 0. The van der Waals surface area contributed by atoms with Crippen LogP contribution in [-0.4, -0.2) is 13.2 Å². The lowest BCUT2D eigenvalue weighted by molar-refractivity contribution is -0.0546. The molecule has 0 unspecified atom stereocenters. The van der Waals surface area contributed by atoms with Gasteiger partial charge in [-0.2, -0.15) is 17.6 Å². The van der Waals surface area contributed by atoms with Crippen molar-refractivity contribution in [2.75, 3.05) is 0 Å². The Hall–Kier alpha value is -1.46. The highest BCUT2D eigenvalue weighted by Crippen LogP contribution is 2.21. The van der Waals surface area contributed by atoms with E-state index in [-0.39, 0.29) is 11.5 Å². The van der Waals surface area contributed by atoms with E-state index in [0.29, 0.717) is 0 Å². The predicted molar refractivity (Wildman–Crippen MR) is 38.5 cm³/mol. The zero-order valence-corrected chi connectivity index (χ0v) is 6.72. The molecule has 0 saturated carbocycles. The molecule has 0 bridgehead atoms.